The van der Waals surface area contributed by atoms with Crippen molar-refractivity contribution in [3.8, 4) is 0 Å². The van der Waals surface area contributed by atoms with Crippen molar-refractivity contribution < 1.29 is 13.5 Å². The highest BCUT2D eigenvalue weighted by Gasteiger charge is 2.58. The summed E-state index contributed by atoms with van der Waals surface area (Å²) in [5.74, 6) is -0.328. The number of aryl methyl sites for hydroxylation is 2. The Hall–Kier alpha value is -1.65. The van der Waals surface area contributed by atoms with Crippen molar-refractivity contribution in [2.75, 3.05) is 6.61 Å². The molecular weight excluding hydrogens is 296 g/mol. The molecule has 1 fully saturated rings. The third kappa shape index (κ3) is 2.57. The molecule has 0 spiro atoms. The van der Waals surface area contributed by atoms with Crippen LogP contribution >= 0.6 is 0 Å². The standard InChI is InChI=1S/C18H20O3S/c1-12-3-7-14(8-4-12)17-16(11-19)18(17)22(20,21)15-9-5-13(2)6-10-15/h3-10,16-19H,11H2,1-2H3. The van der Waals surface area contributed by atoms with Gasteiger partial charge in [-0.1, -0.05) is 47.5 Å². The Morgan fingerprint density at radius 3 is 1.91 bits per heavy atom. The van der Waals surface area contributed by atoms with Gasteiger partial charge in [0.1, 0.15) is 0 Å². The van der Waals surface area contributed by atoms with Gasteiger partial charge in [-0.3, -0.25) is 0 Å². The van der Waals surface area contributed by atoms with Crippen LogP contribution in [0.1, 0.15) is 22.6 Å². The van der Waals surface area contributed by atoms with Gasteiger partial charge in [0.25, 0.3) is 0 Å². The van der Waals surface area contributed by atoms with Gasteiger partial charge in [-0.2, -0.15) is 0 Å². The second kappa shape index (κ2) is 5.52. The third-order valence-electron chi connectivity index (χ3n) is 4.48. The van der Waals surface area contributed by atoms with Crippen LogP contribution in [0.15, 0.2) is 53.4 Å². The zero-order valence-electron chi connectivity index (χ0n) is 12.7. The number of sulfone groups is 1. The van der Waals surface area contributed by atoms with Crippen molar-refractivity contribution >= 4 is 9.84 Å². The minimum Gasteiger partial charge on any atom is -0.396 e. The molecular formula is C18H20O3S. The van der Waals surface area contributed by atoms with Crippen LogP contribution in [0.25, 0.3) is 0 Å². The summed E-state index contributed by atoms with van der Waals surface area (Å²) in [4.78, 5) is 0.344. The molecule has 4 heteroatoms. The minimum absolute atomic E-state index is 0.103. The SMILES string of the molecule is Cc1ccc(C2C(CO)C2S(=O)(=O)c2ccc(C)cc2)cc1. The Morgan fingerprint density at radius 1 is 0.909 bits per heavy atom. The molecule has 116 valence electrons. The number of hydrogen-bond donors (Lipinski definition) is 1. The summed E-state index contributed by atoms with van der Waals surface area (Å²) < 4.78 is 25.6. The van der Waals surface area contributed by atoms with Crippen LogP contribution in [0.5, 0.6) is 0 Å². The van der Waals surface area contributed by atoms with Crippen molar-refractivity contribution in [3.63, 3.8) is 0 Å². The van der Waals surface area contributed by atoms with E-state index in [0.717, 1.165) is 16.7 Å². The molecule has 3 rings (SSSR count). The second-order valence-electron chi connectivity index (χ2n) is 6.11. The summed E-state index contributed by atoms with van der Waals surface area (Å²) in [6.07, 6.45) is 0. The van der Waals surface area contributed by atoms with Gasteiger partial charge in [0.15, 0.2) is 9.84 Å². The second-order valence-corrected chi connectivity index (χ2v) is 8.21. The third-order valence-corrected chi connectivity index (χ3v) is 6.77. The van der Waals surface area contributed by atoms with Crippen molar-refractivity contribution in [1.82, 2.24) is 0 Å². The van der Waals surface area contributed by atoms with E-state index in [1.54, 1.807) is 12.1 Å². The van der Waals surface area contributed by atoms with E-state index in [0.29, 0.717) is 4.90 Å². The average molecular weight is 316 g/mol. The molecule has 2 aromatic rings. The fourth-order valence-corrected chi connectivity index (χ4v) is 5.29. The van der Waals surface area contributed by atoms with E-state index < -0.39 is 15.1 Å². The molecule has 3 unspecified atom stereocenters. The number of benzene rings is 2. The van der Waals surface area contributed by atoms with Crippen LogP contribution in [-0.2, 0) is 9.84 Å². The van der Waals surface area contributed by atoms with E-state index in [1.807, 2.05) is 50.2 Å². The van der Waals surface area contributed by atoms with Crippen LogP contribution in [0.4, 0.5) is 0 Å². The normalized spacial score (nSPS) is 24.2. The largest absolute Gasteiger partial charge is 0.396 e. The molecule has 0 aliphatic heterocycles. The molecule has 0 bridgehead atoms. The first-order chi connectivity index (χ1) is 10.4. The number of hydrogen-bond acceptors (Lipinski definition) is 3. The Kier molecular flexibility index (Phi) is 3.83. The van der Waals surface area contributed by atoms with Gasteiger partial charge in [-0.05, 0) is 31.5 Å². The van der Waals surface area contributed by atoms with Gasteiger partial charge in [0.2, 0.25) is 0 Å². The van der Waals surface area contributed by atoms with Gasteiger partial charge in [-0.25, -0.2) is 8.42 Å². The highest BCUT2D eigenvalue weighted by atomic mass is 32.2. The molecule has 0 heterocycles. The average Bonchev–Trinajstić information content (AvgIpc) is 3.24. The molecule has 1 aliphatic carbocycles. The molecule has 3 atom stereocenters. The first kappa shape index (κ1) is 15.3. The van der Waals surface area contributed by atoms with E-state index in [1.165, 1.54) is 0 Å². The van der Waals surface area contributed by atoms with E-state index in [2.05, 4.69) is 0 Å². The summed E-state index contributed by atoms with van der Waals surface area (Å²) in [6.45, 7) is 3.83. The monoisotopic (exact) mass is 316 g/mol. The zero-order chi connectivity index (χ0) is 15.9. The fraction of sp³-hybridized carbons (Fsp3) is 0.333. The maximum atomic E-state index is 12.8. The fourth-order valence-electron chi connectivity index (χ4n) is 3.09. The predicted octanol–water partition coefficient (Wildman–Crippen LogP) is 2.85. The van der Waals surface area contributed by atoms with Crippen LogP contribution in [0.2, 0.25) is 0 Å². The van der Waals surface area contributed by atoms with Crippen LogP contribution < -0.4 is 0 Å². The molecule has 0 radical (unpaired) electrons. The topological polar surface area (TPSA) is 54.4 Å². The first-order valence-corrected chi connectivity index (χ1v) is 8.98. The quantitative estimate of drug-likeness (QED) is 0.943. The summed E-state index contributed by atoms with van der Waals surface area (Å²) in [5, 5.41) is 9.03. The molecule has 0 amide bonds. The number of rotatable bonds is 4. The lowest BCUT2D eigenvalue weighted by atomic mass is 10.1. The van der Waals surface area contributed by atoms with Gasteiger partial charge in [-0.15, -0.1) is 0 Å². The number of aliphatic hydroxyl groups excluding tert-OH is 1. The van der Waals surface area contributed by atoms with Crippen LogP contribution in [0.3, 0.4) is 0 Å². The Labute approximate surface area is 131 Å². The van der Waals surface area contributed by atoms with Crippen LogP contribution in [-0.4, -0.2) is 25.4 Å². The van der Waals surface area contributed by atoms with Crippen molar-refractivity contribution in [3.05, 3.63) is 65.2 Å². The minimum atomic E-state index is -3.41. The van der Waals surface area contributed by atoms with Crippen LogP contribution in [0, 0.1) is 19.8 Å². The lowest BCUT2D eigenvalue weighted by molar-refractivity contribution is 0.274. The molecule has 22 heavy (non-hydrogen) atoms. The van der Waals surface area contributed by atoms with Gasteiger partial charge in [0.05, 0.1) is 10.1 Å². The van der Waals surface area contributed by atoms with Crippen molar-refractivity contribution in [1.29, 1.82) is 0 Å². The van der Waals surface area contributed by atoms with E-state index in [-0.39, 0.29) is 18.4 Å². The molecule has 0 aromatic heterocycles. The zero-order valence-corrected chi connectivity index (χ0v) is 13.5. The molecule has 3 nitrogen and oxygen atoms in total. The van der Waals surface area contributed by atoms with Crippen molar-refractivity contribution in [2.45, 2.75) is 29.9 Å². The lowest BCUT2D eigenvalue weighted by Gasteiger charge is -2.05. The molecule has 1 aliphatic rings. The van der Waals surface area contributed by atoms with E-state index >= 15 is 0 Å². The smallest absolute Gasteiger partial charge is 0.182 e. The maximum absolute atomic E-state index is 12.8. The lowest BCUT2D eigenvalue weighted by Crippen LogP contribution is -2.11. The first-order valence-electron chi connectivity index (χ1n) is 7.43. The summed E-state index contributed by atoms with van der Waals surface area (Å²) in [7, 11) is -3.41. The molecule has 1 N–H and O–H groups in total. The Morgan fingerprint density at radius 2 is 1.41 bits per heavy atom. The molecule has 0 saturated heterocycles. The molecule has 1 saturated carbocycles. The van der Waals surface area contributed by atoms with Gasteiger partial charge in [0, 0.05) is 18.4 Å². The van der Waals surface area contributed by atoms with E-state index in [4.69, 9.17) is 0 Å². The summed E-state index contributed by atoms with van der Waals surface area (Å²) >= 11 is 0. The highest BCUT2D eigenvalue weighted by Crippen LogP contribution is 2.53. The highest BCUT2D eigenvalue weighted by molar-refractivity contribution is 7.92. The van der Waals surface area contributed by atoms with Crippen molar-refractivity contribution in [2.24, 2.45) is 5.92 Å². The maximum Gasteiger partial charge on any atom is 0.182 e. The summed E-state index contributed by atoms with van der Waals surface area (Å²) in [6, 6.07) is 14.8. The molecule has 2 aromatic carbocycles. The van der Waals surface area contributed by atoms with Gasteiger partial charge < -0.3 is 5.11 Å². The summed E-state index contributed by atoms with van der Waals surface area (Å²) in [5.41, 5.74) is 3.16. The Bertz CT molecular complexity index is 761. The Balaban J connectivity index is 1.93. The van der Waals surface area contributed by atoms with Gasteiger partial charge >= 0.3 is 0 Å². The predicted molar refractivity (Wildman–Crippen MR) is 86.6 cm³/mol. The van der Waals surface area contributed by atoms with E-state index in [9.17, 15) is 13.5 Å². The number of aliphatic hydroxyl groups is 1.